The zero-order valence-corrected chi connectivity index (χ0v) is 19.4. The fourth-order valence-electron chi connectivity index (χ4n) is 3.39. The van der Waals surface area contributed by atoms with E-state index in [9.17, 15) is 15.3 Å². The lowest BCUT2D eigenvalue weighted by Gasteiger charge is -2.28. The number of hydrogen-bond acceptors (Lipinski definition) is 6. The fraction of sp³-hybridized carbons (Fsp3) is 0.826. The first kappa shape index (κ1) is 28.2. The van der Waals surface area contributed by atoms with Gasteiger partial charge in [-0.1, -0.05) is 44.6 Å². The average molecular weight is 417 g/mol. The summed E-state index contributed by atoms with van der Waals surface area (Å²) >= 11 is 0. The molecule has 0 saturated carbocycles. The van der Waals surface area contributed by atoms with Crippen molar-refractivity contribution < 1.29 is 29.5 Å². The normalized spacial score (nSPS) is 20.3. The highest BCUT2D eigenvalue weighted by atomic mass is 16.6. The highest BCUT2D eigenvalue weighted by molar-refractivity contribution is 5.11. The number of hydrogen-bond donors (Lipinski definition) is 3. The molecule has 0 rings (SSSR count). The van der Waals surface area contributed by atoms with Gasteiger partial charge in [-0.05, 0) is 32.6 Å². The molecule has 0 aromatic heterocycles. The van der Waals surface area contributed by atoms with Crippen LogP contribution in [0.4, 0.5) is 0 Å². The minimum absolute atomic E-state index is 0.00339. The Balaban J connectivity index is 4.44. The highest BCUT2D eigenvalue weighted by Gasteiger charge is 2.26. The number of aliphatic hydroxyl groups excluding tert-OH is 3. The van der Waals surface area contributed by atoms with Gasteiger partial charge in [-0.25, -0.2) is 0 Å². The predicted octanol–water partition coefficient (Wildman–Crippen LogP) is 3.45. The molecule has 29 heavy (non-hydrogen) atoms. The first-order valence-electron chi connectivity index (χ1n) is 10.7. The van der Waals surface area contributed by atoms with Gasteiger partial charge < -0.3 is 29.5 Å². The van der Waals surface area contributed by atoms with Crippen LogP contribution in [0.3, 0.4) is 0 Å². The highest BCUT2D eigenvalue weighted by Crippen LogP contribution is 2.21. The number of ether oxygens (including phenoxy) is 3. The Bertz CT molecular complexity index is 460. The SMILES string of the molecule is CCC(OC)C(C)[C@@H](O)CC(O)C(C)/C=C/C=C(\C)CCCC(OC)C(O)OC. The Hall–Kier alpha value is -0.760. The maximum atomic E-state index is 10.4. The molecular formula is C23H44O6. The van der Waals surface area contributed by atoms with E-state index in [1.165, 1.54) is 12.7 Å². The van der Waals surface area contributed by atoms with Crippen LogP contribution in [0, 0.1) is 11.8 Å². The van der Waals surface area contributed by atoms with Crippen molar-refractivity contribution in [1.82, 2.24) is 0 Å². The van der Waals surface area contributed by atoms with E-state index in [0.717, 1.165) is 19.3 Å². The summed E-state index contributed by atoms with van der Waals surface area (Å²) in [6.07, 6.45) is 7.18. The van der Waals surface area contributed by atoms with Gasteiger partial charge in [-0.2, -0.15) is 0 Å². The van der Waals surface area contributed by atoms with Crippen molar-refractivity contribution in [3.63, 3.8) is 0 Å². The zero-order chi connectivity index (χ0) is 22.4. The summed E-state index contributed by atoms with van der Waals surface area (Å²) in [5, 5.41) is 30.5. The second-order valence-corrected chi connectivity index (χ2v) is 7.96. The van der Waals surface area contributed by atoms with Crippen molar-refractivity contribution in [2.75, 3.05) is 21.3 Å². The summed E-state index contributed by atoms with van der Waals surface area (Å²) in [6.45, 7) is 8.00. The lowest BCUT2D eigenvalue weighted by molar-refractivity contribution is -0.156. The Labute approximate surface area is 177 Å². The van der Waals surface area contributed by atoms with E-state index in [0.29, 0.717) is 12.8 Å². The van der Waals surface area contributed by atoms with Gasteiger partial charge in [0, 0.05) is 39.6 Å². The van der Waals surface area contributed by atoms with Crippen LogP contribution >= 0.6 is 0 Å². The van der Waals surface area contributed by atoms with Crippen LogP contribution in [0.15, 0.2) is 23.8 Å². The molecule has 0 fully saturated rings. The molecule has 0 amide bonds. The van der Waals surface area contributed by atoms with Crippen molar-refractivity contribution in [2.45, 2.75) is 90.5 Å². The average Bonchev–Trinajstić information content (AvgIpc) is 2.71. The number of rotatable bonds is 16. The minimum atomic E-state index is -0.902. The zero-order valence-electron chi connectivity index (χ0n) is 19.4. The molecule has 6 nitrogen and oxygen atoms in total. The van der Waals surface area contributed by atoms with E-state index >= 15 is 0 Å². The first-order valence-corrected chi connectivity index (χ1v) is 10.7. The quantitative estimate of drug-likeness (QED) is 0.264. The molecule has 0 spiro atoms. The molecule has 0 heterocycles. The van der Waals surface area contributed by atoms with Crippen molar-refractivity contribution >= 4 is 0 Å². The molecule has 0 aliphatic heterocycles. The molecule has 0 aromatic rings. The number of aliphatic hydroxyl groups is 3. The van der Waals surface area contributed by atoms with E-state index < -0.39 is 18.5 Å². The molecule has 3 N–H and O–H groups in total. The van der Waals surface area contributed by atoms with Crippen LogP contribution in [0.1, 0.15) is 59.8 Å². The predicted molar refractivity (Wildman–Crippen MR) is 117 cm³/mol. The molecule has 6 unspecified atom stereocenters. The first-order chi connectivity index (χ1) is 13.7. The summed E-state index contributed by atoms with van der Waals surface area (Å²) in [7, 11) is 4.69. The van der Waals surface area contributed by atoms with Gasteiger partial charge >= 0.3 is 0 Å². The molecule has 0 aliphatic carbocycles. The molecule has 0 aliphatic rings. The summed E-state index contributed by atoms with van der Waals surface area (Å²) in [6, 6.07) is 0. The molecular weight excluding hydrogens is 372 g/mol. The van der Waals surface area contributed by atoms with Crippen LogP contribution in [0.25, 0.3) is 0 Å². The van der Waals surface area contributed by atoms with Crippen molar-refractivity contribution in [1.29, 1.82) is 0 Å². The Morgan fingerprint density at radius 2 is 1.55 bits per heavy atom. The van der Waals surface area contributed by atoms with E-state index in [2.05, 4.69) is 6.92 Å². The fourth-order valence-corrected chi connectivity index (χ4v) is 3.39. The van der Waals surface area contributed by atoms with Gasteiger partial charge in [0.05, 0.1) is 18.3 Å². The monoisotopic (exact) mass is 416 g/mol. The second-order valence-electron chi connectivity index (χ2n) is 7.96. The lowest BCUT2D eigenvalue weighted by atomic mass is 9.89. The third-order valence-electron chi connectivity index (χ3n) is 5.71. The Morgan fingerprint density at radius 3 is 2.07 bits per heavy atom. The van der Waals surface area contributed by atoms with Crippen LogP contribution < -0.4 is 0 Å². The minimum Gasteiger partial charge on any atom is -0.393 e. The smallest absolute Gasteiger partial charge is 0.180 e. The molecule has 0 radical (unpaired) electrons. The number of methoxy groups -OCH3 is 3. The summed E-state index contributed by atoms with van der Waals surface area (Å²) in [4.78, 5) is 0. The Kier molecular flexibility index (Phi) is 15.6. The maximum Gasteiger partial charge on any atom is 0.180 e. The van der Waals surface area contributed by atoms with Crippen LogP contribution in [-0.2, 0) is 14.2 Å². The number of allylic oxidation sites excluding steroid dienone is 3. The molecule has 0 bridgehead atoms. The summed E-state index contributed by atoms with van der Waals surface area (Å²) in [5.74, 6) is -0.0798. The van der Waals surface area contributed by atoms with Gasteiger partial charge in [0.2, 0.25) is 0 Å². The molecule has 172 valence electrons. The van der Waals surface area contributed by atoms with E-state index in [-0.39, 0.29) is 24.0 Å². The molecule has 6 heteroatoms. The topological polar surface area (TPSA) is 88.4 Å². The third-order valence-corrected chi connectivity index (χ3v) is 5.71. The molecule has 0 aromatic carbocycles. The van der Waals surface area contributed by atoms with Crippen LogP contribution in [0.2, 0.25) is 0 Å². The van der Waals surface area contributed by atoms with Crippen molar-refractivity contribution in [3.8, 4) is 0 Å². The van der Waals surface area contributed by atoms with Gasteiger partial charge in [0.25, 0.3) is 0 Å². The second kappa shape index (κ2) is 16.0. The van der Waals surface area contributed by atoms with Crippen molar-refractivity contribution in [2.24, 2.45) is 11.8 Å². The van der Waals surface area contributed by atoms with E-state index in [1.807, 2.05) is 39.0 Å². The van der Waals surface area contributed by atoms with E-state index in [1.54, 1.807) is 14.2 Å². The molecule has 7 atom stereocenters. The van der Waals surface area contributed by atoms with E-state index in [4.69, 9.17) is 14.2 Å². The third kappa shape index (κ3) is 11.3. The van der Waals surface area contributed by atoms with Gasteiger partial charge in [-0.3, -0.25) is 0 Å². The Morgan fingerprint density at radius 1 is 0.931 bits per heavy atom. The lowest BCUT2D eigenvalue weighted by Crippen LogP contribution is -2.34. The van der Waals surface area contributed by atoms with Crippen molar-refractivity contribution in [3.05, 3.63) is 23.8 Å². The van der Waals surface area contributed by atoms with Gasteiger partial charge in [0.15, 0.2) is 6.29 Å². The largest absolute Gasteiger partial charge is 0.393 e. The summed E-state index contributed by atoms with van der Waals surface area (Å²) in [5.41, 5.74) is 1.21. The maximum absolute atomic E-state index is 10.4. The molecule has 0 saturated heterocycles. The van der Waals surface area contributed by atoms with Gasteiger partial charge in [-0.15, -0.1) is 0 Å². The van der Waals surface area contributed by atoms with Crippen LogP contribution in [-0.4, -0.2) is 67.4 Å². The summed E-state index contributed by atoms with van der Waals surface area (Å²) < 4.78 is 15.5. The van der Waals surface area contributed by atoms with Gasteiger partial charge in [0.1, 0.15) is 6.10 Å². The van der Waals surface area contributed by atoms with Crippen LogP contribution in [0.5, 0.6) is 0 Å². The standard InChI is InChI=1S/C23H44O6/c1-8-21(27-5)18(4)20(25)15-19(24)17(3)13-9-11-16(2)12-10-14-22(28-6)23(26)29-7/h9,11,13,17-26H,8,10,12,14-15H2,1-7H3/b13-9+,16-11+/t17?,18?,19?,20-,21?,22?,23?/m0/s1.